The summed E-state index contributed by atoms with van der Waals surface area (Å²) in [6.07, 6.45) is 0. The van der Waals surface area contributed by atoms with Crippen molar-refractivity contribution in [1.82, 2.24) is 0 Å². The molecule has 0 aliphatic heterocycles. The zero-order valence-corrected chi connectivity index (χ0v) is 5.55. The number of rotatable bonds is 0. The Morgan fingerprint density at radius 1 is 0.800 bits per heavy atom. The molecule has 10 heavy (non-hydrogen) atoms. The van der Waals surface area contributed by atoms with Crippen LogP contribution >= 0.6 is 0 Å². The maximum atomic E-state index is 8.67. The molecule has 0 rings (SSSR count). The van der Waals surface area contributed by atoms with E-state index in [1.54, 1.807) is 0 Å². The Morgan fingerprint density at radius 3 is 0.800 bits per heavy atom. The second kappa shape index (κ2) is 16.5. The van der Waals surface area contributed by atoms with Gasteiger partial charge in [-0.05, 0) is 0 Å². The second-order valence-electron chi connectivity index (χ2n) is 0.461. The molecule has 0 aliphatic rings. The van der Waals surface area contributed by atoms with Gasteiger partial charge >= 0.3 is 23.1 Å². The maximum absolute atomic E-state index is 8.67. The van der Waals surface area contributed by atoms with Crippen molar-refractivity contribution in [2.75, 3.05) is 0 Å². The van der Waals surface area contributed by atoms with Crippen molar-refractivity contribution >= 4 is 45.8 Å². The smallest absolute Gasteiger partial charge is 0.316 e. The highest BCUT2D eigenvalue weighted by molar-refractivity contribution is 7.73. The van der Waals surface area contributed by atoms with E-state index in [9.17, 15) is 0 Å². The van der Waals surface area contributed by atoms with Crippen LogP contribution in [0.3, 0.4) is 0 Å². The minimum Gasteiger partial charge on any atom is -0.412 e. The second-order valence-corrected chi connectivity index (χ2v) is 1.38. The summed E-state index contributed by atoms with van der Waals surface area (Å²) in [5.74, 6) is 0. The fourth-order valence-corrected chi connectivity index (χ4v) is 0. The molecule has 0 amide bonds. The van der Waals surface area contributed by atoms with Crippen LogP contribution in [0.5, 0.6) is 0 Å². The normalized spacial score (nSPS) is 7.00. The Hall–Kier alpha value is 0.866. The molecule has 0 aromatic heterocycles. The average molecular weight is 208 g/mol. The molecule has 6 N–H and O–H groups in total. The third-order valence-corrected chi connectivity index (χ3v) is 0. The van der Waals surface area contributed by atoms with Gasteiger partial charge in [0, 0.05) is 0 Å². The first-order valence-electron chi connectivity index (χ1n) is 1.06. The molecule has 10 heteroatoms. The molecule has 0 radical (unpaired) electrons. The Morgan fingerprint density at radius 2 is 0.800 bits per heavy atom. The molecule has 7 nitrogen and oxygen atoms in total. The van der Waals surface area contributed by atoms with Crippen LogP contribution < -0.4 is 0 Å². The summed E-state index contributed by atoms with van der Waals surface area (Å²) >= 11 is -5.22. The van der Waals surface area contributed by atoms with Crippen LogP contribution in [0.2, 0.25) is 0 Å². The summed E-state index contributed by atoms with van der Waals surface area (Å²) in [7, 11) is 0. The standard InChI is InChI=1S/Mg.2H2O3S.H2O.2H/c;2*1-4(2)3;;;/h;2*(H2,1,2,3);1H2;;. The molecule has 0 aromatic rings. The van der Waals surface area contributed by atoms with Gasteiger partial charge in [0.05, 0.1) is 0 Å². The van der Waals surface area contributed by atoms with E-state index in [-0.39, 0.29) is 28.5 Å². The van der Waals surface area contributed by atoms with Gasteiger partial charge in [0.25, 0.3) is 22.7 Å². The van der Waals surface area contributed by atoms with E-state index in [2.05, 4.69) is 0 Å². The summed E-state index contributed by atoms with van der Waals surface area (Å²) < 4.78 is 45.7. The van der Waals surface area contributed by atoms with E-state index in [4.69, 9.17) is 26.6 Å². The van der Waals surface area contributed by atoms with Crippen LogP contribution in [-0.4, -0.2) is 55.2 Å². The third-order valence-electron chi connectivity index (χ3n) is 0. The molecule has 0 aromatic carbocycles. The molecular formula is H8MgO7S2. The predicted molar refractivity (Wildman–Crippen MR) is 39.0 cm³/mol. The topological polar surface area (TPSA) is 147 Å². The van der Waals surface area contributed by atoms with E-state index in [0.717, 1.165) is 0 Å². The Kier molecular flexibility index (Phi) is 36.9. The lowest BCUT2D eigenvalue weighted by Gasteiger charge is -1.59. The molecule has 0 unspecified atom stereocenters. The molecule has 0 saturated heterocycles. The zero-order chi connectivity index (χ0) is 7.15. The van der Waals surface area contributed by atoms with Crippen molar-refractivity contribution in [2.45, 2.75) is 0 Å². The molecule has 0 atom stereocenters. The summed E-state index contributed by atoms with van der Waals surface area (Å²) in [4.78, 5) is 0. The van der Waals surface area contributed by atoms with E-state index in [1.807, 2.05) is 0 Å². The van der Waals surface area contributed by atoms with Crippen molar-refractivity contribution in [3.8, 4) is 0 Å². The molecule has 0 aliphatic carbocycles. The molecular weight excluding hydrogens is 200 g/mol. The molecule has 0 fully saturated rings. The lowest BCUT2D eigenvalue weighted by atomic mass is 15.8. The van der Waals surface area contributed by atoms with Crippen LogP contribution in [0.15, 0.2) is 0 Å². The number of hydrogen-bond donors (Lipinski definition) is 4. The first kappa shape index (κ1) is 22.4. The van der Waals surface area contributed by atoms with Gasteiger partial charge in [0.2, 0.25) is 0 Å². The fraction of sp³-hybridized carbons (Fsp3) is 0. The summed E-state index contributed by atoms with van der Waals surface area (Å²) in [5.41, 5.74) is 0. The van der Waals surface area contributed by atoms with Crippen molar-refractivity contribution < 1.29 is 32.1 Å². The van der Waals surface area contributed by atoms with Gasteiger partial charge in [0.1, 0.15) is 0 Å². The van der Waals surface area contributed by atoms with Crippen LogP contribution in [0.4, 0.5) is 0 Å². The zero-order valence-electron chi connectivity index (χ0n) is 3.92. The minimum absolute atomic E-state index is 0. The summed E-state index contributed by atoms with van der Waals surface area (Å²) in [6.45, 7) is 0. The summed E-state index contributed by atoms with van der Waals surface area (Å²) in [6, 6.07) is 0. The quantitative estimate of drug-likeness (QED) is 0.258. The minimum atomic E-state index is -2.61. The maximum Gasteiger partial charge on any atom is 0.316 e. The third kappa shape index (κ3) is 731. The summed E-state index contributed by atoms with van der Waals surface area (Å²) in [5, 5.41) is 0. The van der Waals surface area contributed by atoms with Gasteiger partial charge in [0.15, 0.2) is 0 Å². The highest BCUT2D eigenvalue weighted by Crippen LogP contribution is 1.44. The molecule has 64 valence electrons. The predicted octanol–water partition coefficient (Wildman–Crippen LogP) is -2.38. The Bertz CT molecular complexity index is 69.6. The first-order chi connectivity index (χ1) is 3.46. The highest BCUT2D eigenvalue weighted by atomic mass is 32.2. The van der Waals surface area contributed by atoms with Gasteiger partial charge in [-0.2, -0.15) is 8.42 Å². The molecule has 0 heterocycles. The van der Waals surface area contributed by atoms with Crippen molar-refractivity contribution in [3.05, 3.63) is 0 Å². The van der Waals surface area contributed by atoms with E-state index < -0.39 is 22.7 Å². The lowest BCUT2D eigenvalue weighted by molar-refractivity contribution is 0.452. The first-order valence-corrected chi connectivity index (χ1v) is 3.19. The van der Waals surface area contributed by atoms with Crippen LogP contribution in [0, 0.1) is 0 Å². The average Bonchev–Trinajstić information content (AvgIpc) is 1.25. The largest absolute Gasteiger partial charge is 0.412 e. The SMILES string of the molecule is O.O=S(O)O.O=S(O)O.[MgH2]. The van der Waals surface area contributed by atoms with E-state index in [0.29, 0.717) is 0 Å². The highest BCUT2D eigenvalue weighted by Gasteiger charge is 1.63. The number of hydrogen-bond acceptors (Lipinski definition) is 2. The van der Waals surface area contributed by atoms with Crippen molar-refractivity contribution in [3.63, 3.8) is 0 Å². The van der Waals surface area contributed by atoms with Gasteiger partial charge in [-0.25, -0.2) is 0 Å². The Balaban J connectivity index is -0.0000000300. The molecule has 0 saturated carbocycles. The van der Waals surface area contributed by atoms with Crippen LogP contribution in [0.25, 0.3) is 0 Å². The lowest BCUT2D eigenvalue weighted by Crippen LogP contribution is -1.74. The fourth-order valence-electron chi connectivity index (χ4n) is 0. The van der Waals surface area contributed by atoms with Gasteiger partial charge < -0.3 is 5.48 Å². The van der Waals surface area contributed by atoms with Gasteiger partial charge in [-0.1, -0.05) is 0 Å². The van der Waals surface area contributed by atoms with Crippen molar-refractivity contribution in [2.24, 2.45) is 0 Å². The Labute approximate surface area is 77.9 Å². The van der Waals surface area contributed by atoms with Crippen molar-refractivity contribution in [1.29, 1.82) is 0 Å². The molecule has 0 bridgehead atoms. The van der Waals surface area contributed by atoms with Crippen LogP contribution in [0.1, 0.15) is 0 Å². The van der Waals surface area contributed by atoms with Gasteiger partial charge in [-0.3, -0.25) is 18.2 Å². The van der Waals surface area contributed by atoms with E-state index in [1.165, 1.54) is 0 Å². The van der Waals surface area contributed by atoms with E-state index >= 15 is 0 Å². The molecule has 0 spiro atoms. The monoisotopic (exact) mass is 208 g/mol. The van der Waals surface area contributed by atoms with Gasteiger partial charge in [-0.15, -0.1) is 0 Å². The van der Waals surface area contributed by atoms with Crippen LogP contribution in [-0.2, 0) is 22.7 Å².